The summed E-state index contributed by atoms with van der Waals surface area (Å²) in [5, 5.41) is 0.710. The van der Waals surface area contributed by atoms with Crippen LogP contribution >= 0.6 is 0 Å². The molecule has 2 aromatic carbocycles. The Labute approximate surface area is 166 Å². The fourth-order valence-corrected chi connectivity index (χ4v) is 4.63. The molecule has 0 bridgehead atoms. The van der Waals surface area contributed by atoms with Crippen molar-refractivity contribution in [1.29, 1.82) is 0 Å². The van der Waals surface area contributed by atoms with Crippen LogP contribution in [-0.4, -0.2) is 24.3 Å². The van der Waals surface area contributed by atoms with Gasteiger partial charge in [0.05, 0.1) is 17.7 Å². The summed E-state index contributed by atoms with van der Waals surface area (Å²) in [5.74, 6) is -0.382. The van der Waals surface area contributed by atoms with Crippen molar-refractivity contribution in [1.82, 2.24) is 9.29 Å². The number of hydrogen-bond acceptors (Lipinski definition) is 3. The number of sulfonamides is 1. The van der Waals surface area contributed by atoms with Gasteiger partial charge in [-0.1, -0.05) is 0 Å². The molecule has 2 aromatic heterocycles. The zero-order valence-corrected chi connectivity index (χ0v) is 16.1. The van der Waals surface area contributed by atoms with Crippen LogP contribution in [0.1, 0.15) is 11.3 Å². The first-order valence-electron chi connectivity index (χ1n) is 8.97. The maximum absolute atomic E-state index is 13.6. The second kappa shape index (κ2) is 7.81. The van der Waals surface area contributed by atoms with Crippen molar-refractivity contribution in [2.45, 2.75) is 17.9 Å². The minimum Gasteiger partial charge on any atom is -0.468 e. The van der Waals surface area contributed by atoms with Gasteiger partial charge in [0.1, 0.15) is 17.4 Å². The molecule has 0 spiro atoms. The molecule has 0 aliphatic heterocycles. The van der Waals surface area contributed by atoms with Crippen LogP contribution in [0.2, 0.25) is 0 Å². The average Bonchev–Trinajstić information content (AvgIpc) is 3.35. The molecule has 0 unspecified atom stereocenters. The summed E-state index contributed by atoms with van der Waals surface area (Å²) >= 11 is 0. The molecular formula is C21H18F2N2O3S. The third-order valence-corrected chi connectivity index (χ3v) is 6.58. The lowest BCUT2D eigenvalue weighted by Gasteiger charge is -2.21. The minimum absolute atomic E-state index is 0.00423. The van der Waals surface area contributed by atoms with Gasteiger partial charge in [0, 0.05) is 23.6 Å². The summed E-state index contributed by atoms with van der Waals surface area (Å²) in [6.45, 7) is 0.174. The SMILES string of the molecule is O=S(=O)(c1ccc(F)cc1)N(CCc1c[nH]c2ccc(F)cc12)Cc1ccco1. The van der Waals surface area contributed by atoms with E-state index in [9.17, 15) is 17.2 Å². The summed E-state index contributed by atoms with van der Waals surface area (Å²) in [4.78, 5) is 3.06. The van der Waals surface area contributed by atoms with Gasteiger partial charge in [-0.05, 0) is 66.6 Å². The number of fused-ring (bicyclic) bond motifs is 1. The molecule has 0 atom stereocenters. The molecule has 0 saturated heterocycles. The van der Waals surface area contributed by atoms with Gasteiger partial charge in [-0.15, -0.1) is 0 Å². The molecule has 4 rings (SSSR count). The summed E-state index contributed by atoms with van der Waals surface area (Å²) in [6.07, 6.45) is 3.59. The highest BCUT2D eigenvalue weighted by Gasteiger charge is 2.26. The zero-order valence-electron chi connectivity index (χ0n) is 15.3. The maximum atomic E-state index is 13.6. The van der Waals surface area contributed by atoms with Gasteiger partial charge in [0.15, 0.2) is 0 Å². The highest BCUT2D eigenvalue weighted by Crippen LogP contribution is 2.23. The maximum Gasteiger partial charge on any atom is 0.243 e. The van der Waals surface area contributed by atoms with E-state index in [4.69, 9.17) is 4.42 Å². The first-order valence-corrected chi connectivity index (χ1v) is 10.4. The molecule has 2 heterocycles. The molecule has 4 aromatic rings. The molecule has 5 nitrogen and oxygen atoms in total. The molecule has 0 fully saturated rings. The number of H-pyrrole nitrogens is 1. The van der Waals surface area contributed by atoms with Crippen LogP contribution in [0.5, 0.6) is 0 Å². The Kier molecular flexibility index (Phi) is 5.21. The van der Waals surface area contributed by atoms with Crippen molar-refractivity contribution in [3.05, 3.63) is 90.0 Å². The van der Waals surface area contributed by atoms with Gasteiger partial charge in [0.25, 0.3) is 0 Å². The number of hydrogen-bond donors (Lipinski definition) is 1. The highest BCUT2D eigenvalue weighted by atomic mass is 32.2. The van der Waals surface area contributed by atoms with Crippen molar-refractivity contribution in [2.24, 2.45) is 0 Å². The van der Waals surface area contributed by atoms with Crippen LogP contribution in [0, 0.1) is 11.6 Å². The van der Waals surface area contributed by atoms with Gasteiger partial charge in [-0.2, -0.15) is 4.31 Å². The quantitative estimate of drug-likeness (QED) is 0.483. The Balaban J connectivity index is 1.63. The predicted octanol–water partition coefficient (Wildman–Crippen LogP) is 4.47. The van der Waals surface area contributed by atoms with Gasteiger partial charge in [-0.3, -0.25) is 0 Å². The van der Waals surface area contributed by atoms with E-state index < -0.39 is 15.8 Å². The van der Waals surface area contributed by atoms with E-state index in [1.165, 1.54) is 34.8 Å². The molecule has 29 heavy (non-hydrogen) atoms. The van der Waals surface area contributed by atoms with Crippen LogP contribution in [0.4, 0.5) is 8.78 Å². The molecule has 0 amide bonds. The average molecular weight is 416 g/mol. The number of rotatable bonds is 7. The van der Waals surface area contributed by atoms with Gasteiger partial charge in [-0.25, -0.2) is 17.2 Å². The van der Waals surface area contributed by atoms with Crippen LogP contribution < -0.4 is 0 Å². The third kappa shape index (κ3) is 4.08. The molecule has 0 radical (unpaired) electrons. The Morgan fingerprint density at radius 2 is 1.76 bits per heavy atom. The fourth-order valence-electron chi connectivity index (χ4n) is 3.22. The molecule has 1 N–H and O–H groups in total. The topological polar surface area (TPSA) is 66.3 Å². The van der Waals surface area contributed by atoms with Crippen LogP contribution in [0.3, 0.4) is 0 Å². The minimum atomic E-state index is -3.89. The first kappa shape index (κ1) is 19.4. The Hall–Kier alpha value is -2.97. The number of aromatic nitrogens is 1. The Bertz CT molecular complexity index is 1220. The van der Waals surface area contributed by atoms with Gasteiger partial charge < -0.3 is 9.40 Å². The Morgan fingerprint density at radius 3 is 2.48 bits per heavy atom. The largest absolute Gasteiger partial charge is 0.468 e. The van der Waals surface area contributed by atoms with Crippen LogP contribution in [-0.2, 0) is 23.0 Å². The summed E-state index contributed by atoms with van der Waals surface area (Å²) in [7, 11) is -3.89. The van der Waals surface area contributed by atoms with E-state index in [-0.39, 0.29) is 23.8 Å². The zero-order chi connectivity index (χ0) is 20.4. The van der Waals surface area contributed by atoms with E-state index in [0.29, 0.717) is 17.6 Å². The standard InChI is InChI=1S/C21H18F2N2O3S/c22-16-3-6-19(7-4-16)29(26,27)25(14-18-2-1-11-28-18)10-9-15-13-24-21-8-5-17(23)12-20(15)21/h1-8,11-13,24H,9-10,14H2. The van der Waals surface area contributed by atoms with E-state index >= 15 is 0 Å². The molecule has 150 valence electrons. The van der Waals surface area contributed by atoms with Crippen LogP contribution in [0.15, 0.2) is 76.4 Å². The van der Waals surface area contributed by atoms with Crippen molar-refractivity contribution >= 4 is 20.9 Å². The number of nitrogens with zero attached hydrogens (tertiary/aromatic N) is 1. The highest BCUT2D eigenvalue weighted by molar-refractivity contribution is 7.89. The van der Waals surface area contributed by atoms with E-state index in [0.717, 1.165) is 23.2 Å². The Morgan fingerprint density at radius 1 is 1.00 bits per heavy atom. The molecular weight excluding hydrogens is 398 g/mol. The molecule has 8 heteroatoms. The summed E-state index contributed by atoms with van der Waals surface area (Å²) in [5.41, 5.74) is 1.58. The monoisotopic (exact) mass is 416 g/mol. The smallest absolute Gasteiger partial charge is 0.243 e. The summed E-state index contributed by atoms with van der Waals surface area (Å²) in [6, 6.07) is 12.5. The molecule has 0 aliphatic rings. The fraction of sp³-hybridized carbons (Fsp3) is 0.143. The van der Waals surface area contributed by atoms with Crippen molar-refractivity contribution in [2.75, 3.05) is 6.54 Å². The van der Waals surface area contributed by atoms with E-state index in [2.05, 4.69) is 4.98 Å². The van der Waals surface area contributed by atoms with Crippen LogP contribution in [0.25, 0.3) is 10.9 Å². The normalized spacial score (nSPS) is 12.1. The number of aromatic amines is 1. The van der Waals surface area contributed by atoms with Crippen molar-refractivity contribution in [3.63, 3.8) is 0 Å². The van der Waals surface area contributed by atoms with E-state index in [1.54, 1.807) is 24.4 Å². The lowest BCUT2D eigenvalue weighted by molar-refractivity contribution is 0.366. The number of benzene rings is 2. The van der Waals surface area contributed by atoms with E-state index in [1.807, 2.05) is 0 Å². The second-order valence-corrected chi connectivity index (χ2v) is 8.56. The van der Waals surface area contributed by atoms with Gasteiger partial charge in [0.2, 0.25) is 10.0 Å². The first-order chi connectivity index (χ1) is 13.9. The predicted molar refractivity (Wildman–Crippen MR) is 105 cm³/mol. The molecule has 0 aliphatic carbocycles. The van der Waals surface area contributed by atoms with Crippen molar-refractivity contribution < 1.29 is 21.6 Å². The number of nitrogens with one attached hydrogen (secondary N) is 1. The summed E-state index contributed by atoms with van der Waals surface area (Å²) < 4.78 is 59.7. The third-order valence-electron chi connectivity index (χ3n) is 4.72. The lowest BCUT2D eigenvalue weighted by Crippen LogP contribution is -2.32. The van der Waals surface area contributed by atoms with Crippen molar-refractivity contribution in [3.8, 4) is 0 Å². The lowest BCUT2D eigenvalue weighted by atomic mass is 10.1. The molecule has 0 saturated carbocycles. The van der Waals surface area contributed by atoms with Gasteiger partial charge >= 0.3 is 0 Å². The number of halogens is 2. The number of furan rings is 1. The second-order valence-electron chi connectivity index (χ2n) is 6.63.